The van der Waals surface area contributed by atoms with Crippen molar-refractivity contribution in [1.82, 2.24) is 15.3 Å². The highest BCUT2D eigenvalue weighted by molar-refractivity contribution is 5.96. The Morgan fingerprint density at radius 1 is 1.09 bits per heavy atom. The van der Waals surface area contributed by atoms with E-state index in [0.29, 0.717) is 11.5 Å². The highest BCUT2D eigenvalue weighted by Gasteiger charge is 2.26. The number of fused-ring (bicyclic) bond motifs is 1. The van der Waals surface area contributed by atoms with Crippen molar-refractivity contribution in [3.05, 3.63) is 77.2 Å². The molecule has 0 atom stereocenters. The van der Waals surface area contributed by atoms with Crippen LogP contribution in [-0.2, 0) is 13.0 Å². The van der Waals surface area contributed by atoms with Gasteiger partial charge in [0.2, 0.25) is 11.8 Å². The number of ether oxygens (including phenoxy) is 1. The molecule has 2 aromatic carbocycles. The van der Waals surface area contributed by atoms with Gasteiger partial charge in [0.25, 0.3) is 5.91 Å². The van der Waals surface area contributed by atoms with E-state index < -0.39 is 0 Å². The second-order valence-corrected chi connectivity index (χ2v) is 8.64. The number of nitrogens with zero attached hydrogens (tertiary/aromatic N) is 3. The summed E-state index contributed by atoms with van der Waals surface area (Å²) in [5.74, 6) is 0.220. The lowest BCUT2D eigenvalue weighted by atomic mass is 9.95. The van der Waals surface area contributed by atoms with Crippen molar-refractivity contribution >= 4 is 17.5 Å². The molecule has 7 heteroatoms. The average molecular weight is 447 g/mol. The number of hydrogen-bond donors (Lipinski definition) is 1. The van der Waals surface area contributed by atoms with E-state index in [9.17, 15) is 9.18 Å². The molecule has 1 aliphatic heterocycles. The van der Waals surface area contributed by atoms with Crippen LogP contribution in [0.15, 0.2) is 54.7 Å². The van der Waals surface area contributed by atoms with Crippen molar-refractivity contribution in [2.75, 3.05) is 11.4 Å². The lowest BCUT2D eigenvalue weighted by molar-refractivity contribution is 0.0921. The fourth-order valence-electron chi connectivity index (χ4n) is 4.54. The van der Waals surface area contributed by atoms with Crippen molar-refractivity contribution in [3.8, 4) is 5.88 Å². The van der Waals surface area contributed by atoms with Gasteiger partial charge in [0.05, 0.1) is 0 Å². The molecule has 0 spiro atoms. The molecule has 0 unspecified atom stereocenters. The van der Waals surface area contributed by atoms with Crippen molar-refractivity contribution in [2.45, 2.75) is 51.2 Å². The van der Waals surface area contributed by atoms with Crippen molar-refractivity contribution in [1.29, 1.82) is 0 Å². The fourth-order valence-corrected chi connectivity index (χ4v) is 4.54. The first-order valence-electron chi connectivity index (χ1n) is 11.6. The zero-order chi connectivity index (χ0) is 22.6. The molecule has 1 aromatic heterocycles. The molecule has 1 aliphatic carbocycles. The van der Waals surface area contributed by atoms with Gasteiger partial charge in [0.1, 0.15) is 18.0 Å². The maximum atomic E-state index is 13.3. The highest BCUT2D eigenvalue weighted by Crippen LogP contribution is 2.33. The Morgan fingerprint density at radius 2 is 1.88 bits per heavy atom. The molecule has 3 aromatic rings. The number of benzene rings is 2. The first-order valence-corrected chi connectivity index (χ1v) is 11.6. The summed E-state index contributed by atoms with van der Waals surface area (Å²) in [4.78, 5) is 24.3. The van der Waals surface area contributed by atoms with Crippen LogP contribution in [0.4, 0.5) is 16.0 Å². The summed E-state index contributed by atoms with van der Waals surface area (Å²) < 4.78 is 19.3. The Hall–Kier alpha value is -3.48. The zero-order valence-electron chi connectivity index (χ0n) is 18.5. The van der Waals surface area contributed by atoms with Gasteiger partial charge in [0, 0.05) is 24.5 Å². The molecule has 1 saturated carbocycles. The van der Waals surface area contributed by atoms with E-state index in [4.69, 9.17) is 4.74 Å². The summed E-state index contributed by atoms with van der Waals surface area (Å²) in [5, 5.41) is 3.12. The predicted octanol–water partition coefficient (Wildman–Crippen LogP) is 4.95. The highest BCUT2D eigenvalue weighted by atomic mass is 19.1. The Kier molecular flexibility index (Phi) is 6.19. The maximum absolute atomic E-state index is 13.3. The van der Waals surface area contributed by atoms with Gasteiger partial charge in [-0.1, -0.05) is 49.6 Å². The van der Waals surface area contributed by atoms with E-state index in [1.165, 1.54) is 24.1 Å². The number of hydrogen-bond acceptors (Lipinski definition) is 5. The van der Waals surface area contributed by atoms with Crippen LogP contribution in [0.1, 0.15) is 53.6 Å². The second-order valence-electron chi connectivity index (χ2n) is 8.64. The van der Waals surface area contributed by atoms with E-state index in [2.05, 4.69) is 27.4 Å². The maximum Gasteiger partial charge on any atom is 0.258 e. The molecule has 2 heterocycles. The molecule has 0 saturated heterocycles. The minimum Gasteiger partial charge on any atom is -0.472 e. The first kappa shape index (κ1) is 21.4. The normalized spacial score (nSPS) is 15.8. The van der Waals surface area contributed by atoms with Gasteiger partial charge in [-0.3, -0.25) is 4.79 Å². The third-order valence-electron chi connectivity index (χ3n) is 6.34. The number of halogens is 1. The standard InChI is InChI=1S/C26H27FN4O2/c27-20-12-10-18(11-13-20)17-33-25-22(24(32)29-21-7-2-1-3-8-21)16-28-26(30-25)31-15-14-19-6-4-5-9-23(19)31/h4-6,9-13,16,21H,1-3,7-8,14-15,17H2,(H,29,32). The lowest BCUT2D eigenvalue weighted by Gasteiger charge is -2.23. The van der Waals surface area contributed by atoms with Gasteiger partial charge in [0.15, 0.2) is 0 Å². The largest absolute Gasteiger partial charge is 0.472 e. The van der Waals surface area contributed by atoms with E-state index in [-0.39, 0.29) is 30.3 Å². The Bertz CT molecular complexity index is 1130. The second kappa shape index (κ2) is 9.57. The minimum absolute atomic E-state index is 0.168. The van der Waals surface area contributed by atoms with Crippen LogP contribution in [0.5, 0.6) is 5.88 Å². The van der Waals surface area contributed by atoms with Gasteiger partial charge in [-0.2, -0.15) is 4.98 Å². The quantitative estimate of drug-likeness (QED) is 0.580. The van der Waals surface area contributed by atoms with E-state index >= 15 is 0 Å². The number of aromatic nitrogens is 2. The van der Waals surface area contributed by atoms with Crippen LogP contribution >= 0.6 is 0 Å². The molecule has 1 amide bonds. The number of rotatable bonds is 6. The number of nitrogens with one attached hydrogen (secondary N) is 1. The van der Waals surface area contributed by atoms with Crippen LogP contribution < -0.4 is 15.0 Å². The Balaban J connectivity index is 1.41. The van der Waals surface area contributed by atoms with Crippen LogP contribution in [0.25, 0.3) is 0 Å². The van der Waals surface area contributed by atoms with Gasteiger partial charge < -0.3 is 15.0 Å². The third-order valence-corrected chi connectivity index (χ3v) is 6.34. The summed E-state index contributed by atoms with van der Waals surface area (Å²) in [7, 11) is 0. The summed E-state index contributed by atoms with van der Waals surface area (Å²) in [6, 6.07) is 14.5. The SMILES string of the molecule is O=C(NC1CCCCC1)c1cnc(N2CCc3ccccc32)nc1OCc1ccc(F)cc1. The van der Waals surface area contributed by atoms with Gasteiger partial charge >= 0.3 is 0 Å². The number of carbonyl (C=O) groups is 1. The zero-order valence-corrected chi connectivity index (χ0v) is 18.5. The lowest BCUT2D eigenvalue weighted by Crippen LogP contribution is -2.36. The van der Waals surface area contributed by atoms with Gasteiger partial charge in [-0.25, -0.2) is 9.37 Å². The third kappa shape index (κ3) is 4.82. The van der Waals surface area contributed by atoms with Crippen molar-refractivity contribution < 1.29 is 13.9 Å². The molecule has 0 radical (unpaired) electrons. The predicted molar refractivity (Wildman–Crippen MR) is 124 cm³/mol. The molecule has 0 bridgehead atoms. The van der Waals surface area contributed by atoms with Crippen LogP contribution in [0.3, 0.4) is 0 Å². The number of amides is 1. The number of para-hydroxylation sites is 1. The summed E-state index contributed by atoms with van der Waals surface area (Å²) >= 11 is 0. The molecule has 2 aliphatic rings. The molecular weight excluding hydrogens is 419 g/mol. The van der Waals surface area contributed by atoms with E-state index in [1.54, 1.807) is 18.3 Å². The Morgan fingerprint density at radius 3 is 2.70 bits per heavy atom. The molecule has 6 nitrogen and oxygen atoms in total. The summed E-state index contributed by atoms with van der Waals surface area (Å²) in [6.45, 7) is 0.946. The van der Waals surface area contributed by atoms with Crippen molar-refractivity contribution in [3.63, 3.8) is 0 Å². The monoisotopic (exact) mass is 446 g/mol. The molecule has 1 N–H and O–H groups in total. The topological polar surface area (TPSA) is 67.4 Å². The van der Waals surface area contributed by atoms with E-state index in [1.807, 2.05) is 17.0 Å². The van der Waals surface area contributed by atoms with Crippen molar-refractivity contribution in [2.24, 2.45) is 0 Å². The average Bonchev–Trinajstić information content (AvgIpc) is 3.28. The molecule has 5 rings (SSSR count). The Labute approximate surface area is 192 Å². The molecule has 170 valence electrons. The van der Waals surface area contributed by atoms with Crippen LogP contribution in [0.2, 0.25) is 0 Å². The van der Waals surface area contributed by atoms with E-state index in [0.717, 1.165) is 49.9 Å². The smallest absolute Gasteiger partial charge is 0.258 e. The first-order chi connectivity index (χ1) is 16.2. The number of carbonyl (C=O) groups excluding carboxylic acids is 1. The number of anilines is 2. The molecule has 33 heavy (non-hydrogen) atoms. The van der Waals surface area contributed by atoms with Gasteiger partial charge in [-0.15, -0.1) is 0 Å². The van der Waals surface area contributed by atoms with Crippen LogP contribution in [-0.4, -0.2) is 28.5 Å². The minimum atomic E-state index is -0.302. The summed E-state index contributed by atoms with van der Waals surface area (Å²) in [5.41, 5.74) is 3.43. The van der Waals surface area contributed by atoms with Crippen LogP contribution in [0, 0.1) is 5.82 Å². The molecule has 1 fully saturated rings. The fraction of sp³-hybridized carbons (Fsp3) is 0.346. The van der Waals surface area contributed by atoms with Gasteiger partial charge in [-0.05, 0) is 48.6 Å². The molecular formula is C26H27FN4O2. The summed E-state index contributed by atoms with van der Waals surface area (Å²) in [6.07, 6.45) is 7.91.